The molecule has 0 spiro atoms. The van der Waals surface area contributed by atoms with E-state index in [0.717, 1.165) is 10.5 Å². The van der Waals surface area contributed by atoms with Gasteiger partial charge in [0.2, 0.25) is 0 Å². The Bertz CT molecular complexity index is 758. The third-order valence-corrected chi connectivity index (χ3v) is 5.45. The van der Waals surface area contributed by atoms with Crippen LogP contribution < -0.4 is 0 Å². The molecule has 1 saturated heterocycles. The van der Waals surface area contributed by atoms with E-state index in [4.69, 9.17) is 15.0 Å². The summed E-state index contributed by atoms with van der Waals surface area (Å²) >= 11 is 1.41. The Morgan fingerprint density at radius 3 is 2.41 bits per heavy atom. The van der Waals surface area contributed by atoms with Crippen molar-refractivity contribution in [2.24, 2.45) is 5.11 Å². The number of ether oxygens (including phenoxy) is 2. The van der Waals surface area contributed by atoms with Gasteiger partial charge in [-0.1, -0.05) is 65.4 Å². The van der Waals surface area contributed by atoms with Gasteiger partial charge in [-0.15, -0.1) is 0 Å². The zero-order valence-corrected chi connectivity index (χ0v) is 15.4. The summed E-state index contributed by atoms with van der Waals surface area (Å²) in [6.45, 7) is -0.0927. The van der Waals surface area contributed by atoms with Gasteiger partial charge in [-0.2, -0.15) is 0 Å². The van der Waals surface area contributed by atoms with Crippen molar-refractivity contribution in [1.29, 1.82) is 0 Å². The molecule has 8 heteroatoms. The Labute approximate surface area is 161 Å². The van der Waals surface area contributed by atoms with Crippen LogP contribution in [0.25, 0.3) is 10.4 Å². The van der Waals surface area contributed by atoms with E-state index < -0.39 is 29.8 Å². The summed E-state index contributed by atoms with van der Waals surface area (Å²) in [5, 5.41) is 23.8. The second-order valence-corrected chi connectivity index (χ2v) is 7.28. The molecule has 1 aliphatic rings. The Morgan fingerprint density at radius 1 is 1.11 bits per heavy atom. The van der Waals surface area contributed by atoms with Gasteiger partial charge in [0, 0.05) is 9.81 Å². The normalized spacial score (nSPS) is 27.7. The van der Waals surface area contributed by atoms with E-state index in [1.807, 2.05) is 60.7 Å². The molecule has 0 bridgehead atoms. The third kappa shape index (κ3) is 5.01. The van der Waals surface area contributed by atoms with Crippen molar-refractivity contribution in [3.05, 3.63) is 76.7 Å². The topological polar surface area (TPSA) is 108 Å². The highest BCUT2D eigenvalue weighted by Gasteiger charge is 2.45. The molecule has 1 heterocycles. The van der Waals surface area contributed by atoms with Crippen LogP contribution in [-0.4, -0.2) is 46.6 Å². The number of thioether (sulfide) groups is 1. The monoisotopic (exact) mass is 387 g/mol. The number of hydrogen-bond donors (Lipinski definition) is 2. The number of benzene rings is 2. The average molecular weight is 387 g/mol. The van der Waals surface area contributed by atoms with Crippen molar-refractivity contribution in [2.75, 3.05) is 6.61 Å². The molecule has 5 unspecified atom stereocenters. The Balaban J connectivity index is 1.83. The summed E-state index contributed by atoms with van der Waals surface area (Å²) in [7, 11) is 0. The molecule has 0 radical (unpaired) electrons. The van der Waals surface area contributed by atoms with Crippen LogP contribution in [0.15, 0.2) is 70.7 Å². The van der Waals surface area contributed by atoms with Gasteiger partial charge in [0.15, 0.2) is 0 Å². The molecule has 0 amide bonds. The van der Waals surface area contributed by atoms with Crippen LogP contribution in [0, 0.1) is 0 Å². The molecule has 0 saturated carbocycles. The molecule has 0 aliphatic carbocycles. The van der Waals surface area contributed by atoms with Crippen LogP contribution >= 0.6 is 11.8 Å². The predicted molar refractivity (Wildman–Crippen MR) is 102 cm³/mol. The van der Waals surface area contributed by atoms with Crippen LogP contribution in [0.4, 0.5) is 0 Å². The number of azide groups is 1. The van der Waals surface area contributed by atoms with Crippen molar-refractivity contribution >= 4 is 11.8 Å². The lowest BCUT2D eigenvalue weighted by molar-refractivity contribution is -0.177. The van der Waals surface area contributed by atoms with Crippen LogP contribution in [0.1, 0.15) is 5.56 Å². The van der Waals surface area contributed by atoms with E-state index in [0.29, 0.717) is 0 Å². The Morgan fingerprint density at radius 2 is 1.78 bits per heavy atom. The number of aliphatic hydroxyl groups excluding tert-OH is 2. The summed E-state index contributed by atoms with van der Waals surface area (Å²) in [5.41, 5.74) is 9.36. The van der Waals surface area contributed by atoms with E-state index in [2.05, 4.69) is 10.0 Å². The average Bonchev–Trinajstić information content (AvgIpc) is 2.71. The lowest BCUT2D eigenvalue weighted by Gasteiger charge is -2.42. The van der Waals surface area contributed by atoms with Gasteiger partial charge in [-0.25, -0.2) is 0 Å². The fraction of sp³-hybridized carbons (Fsp3) is 0.368. The minimum absolute atomic E-state index is 0.286. The molecule has 7 nitrogen and oxygen atoms in total. The molecule has 27 heavy (non-hydrogen) atoms. The highest BCUT2D eigenvalue weighted by atomic mass is 32.2. The minimum Gasteiger partial charge on any atom is -0.394 e. The number of aliphatic hydroxyl groups is 2. The van der Waals surface area contributed by atoms with Gasteiger partial charge in [0.05, 0.1) is 25.4 Å². The number of rotatable bonds is 7. The molecule has 2 N–H and O–H groups in total. The molecular formula is C19H21N3O4S. The maximum absolute atomic E-state index is 10.5. The van der Waals surface area contributed by atoms with E-state index in [1.54, 1.807) is 0 Å². The Hall–Kier alpha value is -2.06. The quantitative estimate of drug-likeness (QED) is 0.431. The summed E-state index contributed by atoms with van der Waals surface area (Å²) in [5.74, 6) is 0. The molecule has 142 valence electrons. The van der Waals surface area contributed by atoms with Gasteiger partial charge >= 0.3 is 0 Å². The first-order chi connectivity index (χ1) is 13.2. The van der Waals surface area contributed by atoms with Crippen molar-refractivity contribution in [1.82, 2.24) is 0 Å². The van der Waals surface area contributed by atoms with E-state index >= 15 is 0 Å². The van der Waals surface area contributed by atoms with Gasteiger partial charge in [0.25, 0.3) is 0 Å². The predicted octanol–water partition coefficient (Wildman–Crippen LogP) is 3.12. The molecular weight excluding hydrogens is 366 g/mol. The van der Waals surface area contributed by atoms with Crippen LogP contribution in [0.5, 0.6) is 0 Å². The molecule has 2 aromatic rings. The molecule has 5 atom stereocenters. The van der Waals surface area contributed by atoms with Crippen molar-refractivity contribution < 1.29 is 19.7 Å². The fourth-order valence-electron chi connectivity index (χ4n) is 2.92. The summed E-state index contributed by atoms with van der Waals surface area (Å²) in [6.07, 6.45) is -2.68. The van der Waals surface area contributed by atoms with E-state index in [1.165, 1.54) is 11.8 Å². The van der Waals surface area contributed by atoms with Crippen molar-refractivity contribution in [2.45, 2.75) is 41.3 Å². The van der Waals surface area contributed by atoms with E-state index in [9.17, 15) is 10.2 Å². The fourth-order valence-corrected chi connectivity index (χ4v) is 4.08. The zero-order valence-electron chi connectivity index (χ0n) is 14.5. The maximum Gasteiger partial charge on any atom is 0.134 e. The van der Waals surface area contributed by atoms with Crippen LogP contribution in [0.3, 0.4) is 0 Å². The van der Waals surface area contributed by atoms with Gasteiger partial charge in [-0.3, -0.25) is 0 Å². The standard InChI is InChI=1S/C19H21N3O4S/c20-22-21-16-17(24)15(11-23)26-19(27-14-9-5-2-6-10-14)18(16)25-12-13-7-3-1-4-8-13/h1-10,15-19,23-24H,11-12H2. The van der Waals surface area contributed by atoms with Crippen LogP contribution in [0.2, 0.25) is 0 Å². The maximum atomic E-state index is 10.5. The molecule has 0 aromatic heterocycles. The second-order valence-electron chi connectivity index (χ2n) is 6.10. The molecule has 3 rings (SSSR count). The van der Waals surface area contributed by atoms with Crippen LogP contribution in [-0.2, 0) is 16.1 Å². The van der Waals surface area contributed by atoms with Crippen molar-refractivity contribution in [3.63, 3.8) is 0 Å². The highest BCUT2D eigenvalue weighted by molar-refractivity contribution is 7.99. The van der Waals surface area contributed by atoms with Crippen molar-refractivity contribution in [3.8, 4) is 0 Å². The lowest BCUT2D eigenvalue weighted by Crippen LogP contribution is -2.57. The molecule has 2 aromatic carbocycles. The van der Waals surface area contributed by atoms with Gasteiger partial charge in [0.1, 0.15) is 17.6 Å². The number of hydrogen-bond acceptors (Lipinski definition) is 6. The SMILES string of the molecule is [N-]=[N+]=NC1C(O)C(CO)OC(Sc2ccccc2)C1OCc1ccccc1. The first kappa shape index (κ1) is 19.7. The first-order valence-electron chi connectivity index (χ1n) is 8.58. The largest absolute Gasteiger partial charge is 0.394 e. The zero-order chi connectivity index (χ0) is 19.1. The lowest BCUT2D eigenvalue weighted by atomic mass is 9.98. The highest BCUT2D eigenvalue weighted by Crippen LogP contribution is 2.36. The Kier molecular flexibility index (Phi) is 7.11. The summed E-state index contributed by atoms with van der Waals surface area (Å²) in [4.78, 5) is 3.81. The second kappa shape index (κ2) is 9.75. The molecule has 1 fully saturated rings. The third-order valence-electron chi connectivity index (χ3n) is 4.29. The summed E-state index contributed by atoms with van der Waals surface area (Å²) in [6, 6.07) is 18.3. The first-order valence-corrected chi connectivity index (χ1v) is 9.46. The van der Waals surface area contributed by atoms with E-state index in [-0.39, 0.29) is 13.2 Å². The van der Waals surface area contributed by atoms with Gasteiger partial charge < -0.3 is 19.7 Å². The molecule has 1 aliphatic heterocycles. The van der Waals surface area contributed by atoms with Gasteiger partial charge in [-0.05, 0) is 23.2 Å². The summed E-state index contributed by atoms with van der Waals surface area (Å²) < 4.78 is 11.9. The number of nitrogens with zero attached hydrogens (tertiary/aromatic N) is 3. The minimum atomic E-state index is -1.15. The smallest absolute Gasteiger partial charge is 0.134 e.